The van der Waals surface area contributed by atoms with Crippen LogP contribution in [-0.4, -0.2) is 74.4 Å². The highest BCUT2D eigenvalue weighted by Gasteiger charge is 2.39. The van der Waals surface area contributed by atoms with Crippen LogP contribution >= 0.6 is 0 Å². The van der Waals surface area contributed by atoms with Crippen molar-refractivity contribution in [2.24, 2.45) is 11.7 Å². The van der Waals surface area contributed by atoms with Crippen molar-refractivity contribution in [3.05, 3.63) is 18.2 Å². The molecular weight excluding hydrogens is 404 g/mol. The zero-order chi connectivity index (χ0) is 23.1. The van der Waals surface area contributed by atoms with Crippen LogP contribution in [0.2, 0.25) is 0 Å². The van der Waals surface area contributed by atoms with Gasteiger partial charge in [0.25, 0.3) is 0 Å². The molecule has 11 heteroatoms. The summed E-state index contributed by atoms with van der Waals surface area (Å²) in [7, 11) is 0. The summed E-state index contributed by atoms with van der Waals surface area (Å²) in [5, 5.41) is 14.6. The van der Waals surface area contributed by atoms with Crippen LogP contribution in [0.15, 0.2) is 12.5 Å². The molecule has 0 spiro atoms. The molecule has 1 aromatic rings. The summed E-state index contributed by atoms with van der Waals surface area (Å²) in [6, 6.07) is -3.55. The summed E-state index contributed by atoms with van der Waals surface area (Å²) in [4.78, 5) is 58.0. The van der Waals surface area contributed by atoms with Gasteiger partial charge in [-0.15, -0.1) is 0 Å². The van der Waals surface area contributed by atoms with Crippen molar-refractivity contribution in [3.63, 3.8) is 0 Å². The summed E-state index contributed by atoms with van der Waals surface area (Å²) in [5.74, 6) is -2.44. The predicted molar refractivity (Wildman–Crippen MR) is 112 cm³/mol. The number of aromatic nitrogens is 2. The van der Waals surface area contributed by atoms with E-state index in [1.807, 2.05) is 13.8 Å². The van der Waals surface area contributed by atoms with E-state index in [9.17, 15) is 24.3 Å². The molecule has 0 aromatic carbocycles. The van der Waals surface area contributed by atoms with Gasteiger partial charge >= 0.3 is 5.97 Å². The third kappa shape index (κ3) is 6.78. The van der Waals surface area contributed by atoms with Gasteiger partial charge in [-0.25, -0.2) is 9.78 Å². The summed E-state index contributed by atoms with van der Waals surface area (Å²) >= 11 is 0. The smallest absolute Gasteiger partial charge is 0.326 e. The Bertz CT molecular complexity index is 779. The summed E-state index contributed by atoms with van der Waals surface area (Å²) in [5.41, 5.74) is 6.28. The summed E-state index contributed by atoms with van der Waals surface area (Å²) in [6.07, 6.45) is 4.49. The number of likely N-dealkylation sites (tertiary alicyclic amines) is 1. The van der Waals surface area contributed by atoms with Crippen molar-refractivity contribution in [3.8, 4) is 0 Å². The van der Waals surface area contributed by atoms with E-state index in [1.165, 1.54) is 18.2 Å². The number of nitrogens with zero attached hydrogens (tertiary/aromatic N) is 2. The van der Waals surface area contributed by atoms with Crippen LogP contribution in [0, 0.1) is 5.92 Å². The van der Waals surface area contributed by atoms with Crippen molar-refractivity contribution < 1.29 is 24.3 Å². The van der Waals surface area contributed by atoms with E-state index in [0.717, 1.165) is 0 Å². The second-order valence-corrected chi connectivity index (χ2v) is 8.35. The number of carbonyl (C=O) groups excluding carboxylic acids is 3. The minimum Gasteiger partial charge on any atom is -0.480 e. The van der Waals surface area contributed by atoms with Gasteiger partial charge in [-0.1, -0.05) is 13.8 Å². The molecule has 2 rings (SSSR count). The maximum Gasteiger partial charge on any atom is 0.326 e. The van der Waals surface area contributed by atoms with E-state index in [-0.39, 0.29) is 18.8 Å². The zero-order valence-electron chi connectivity index (χ0n) is 18.1. The number of carboxylic acid groups (broad SMARTS) is 1. The first-order valence-electron chi connectivity index (χ1n) is 10.5. The van der Waals surface area contributed by atoms with Crippen molar-refractivity contribution in [2.45, 2.75) is 70.6 Å². The van der Waals surface area contributed by atoms with Gasteiger partial charge in [-0.05, 0) is 32.1 Å². The quantitative estimate of drug-likeness (QED) is 0.326. The molecule has 11 nitrogen and oxygen atoms in total. The molecule has 0 aliphatic carbocycles. The Morgan fingerprint density at radius 1 is 1.26 bits per heavy atom. The van der Waals surface area contributed by atoms with Crippen molar-refractivity contribution >= 4 is 23.7 Å². The molecule has 0 bridgehead atoms. The second-order valence-electron chi connectivity index (χ2n) is 8.35. The number of hydrogen-bond acceptors (Lipinski definition) is 6. The number of nitrogens with two attached hydrogens (primary N) is 1. The first kappa shape index (κ1) is 24.3. The van der Waals surface area contributed by atoms with Crippen molar-refractivity contribution in [2.75, 3.05) is 6.54 Å². The lowest BCUT2D eigenvalue weighted by Gasteiger charge is -2.29. The van der Waals surface area contributed by atoms with Crippen LogP contribution in [0.3, 0.4) is 0 Å². The standard InChI is InChI=1S/C20H32N6O5/c1-11(2)7-15(20(30)31)25-18(28)16-5-4-6-26(16)19(29)14(24-17(27)12(3)21)8-13-9-22-10-23-13/h9-12,14-16H,4-8,21H2,1-3H3,(H,22,23)(H,24,27)(H,25,28)(H,30,31)/t12-,14-,15-,16-/m0/s1. The van der Waals surface area contributed by atoms with E-state index in [2.05, 4.69) is 20.6 Å². The van der Waals surface area contributed by atoms with Gasteiger partial charge in [0.2, 0.25) is 17.7 Å². The van der Waals surface area contributed by atoms with Gasteiger partial charge in [0, 0.05) is 24.9 Å². The molecule has 2 heterocycles. The Labute approximate surface area is 181 Å². The highest BCUT2D eigenvalue weighted by atomic mass is 16.4. The summed E-state index contributed by atoms with van der Waals surface area (Å²) < 4.78 is 0. The third-order valence-corrected chi connectivity index (χ3v) is 5.17. The summed E-state index contributed by atoms with van der Waals surface area (Å²) in [6.45, 7) is 5.59. The number of amides is 3. The number of hydrogen-bond donors (Lipinski definition) is 5. The lowest BCUT2D eigenvalue weighted by atomic mass is 10.0. The number of carbonyl (C=O) groups is 4. The lowest BCUT2D eigenvalue weighted by molar-refractivity contribution is -0.145. The Balaban J connectivity index is 2.15. The van der Waals surface area contributed by atoms with Gasteiger partial charge in [0.1, 0.15) is 18.1 Å². The fourth-order valence-electron chi connectivity index (χ4n) is 3.58. The first-order valence-corrected chi connectivity index (χ1v) is 10.5. The average molecular weight is 437 g/mol. The molecule has 31 heavy (non-hydrogen) atoms. The monoisotopic (exact) mass is 436 g/mol. The van der Waals surface area contributed by atoms with Crippen LogP contribution in [0.25, 0.3) is 0 Å². The number of imidazole rings is 1. The fraction of sp³-hybridized carbons (Fsp3) is 0.650. The largest absolute Gasteiger partial charge is 0.480 e. The normalized spacial score (nSPS) is 19.0. The molecule has 1 aliphatic heterocycles. The lowest BCUT2D eigenvalue weighted by Crippen LogP contribution is -2.57. The Hall–Kier alpha value is -2.95. The zero-order valence-corrected chi connectivity index (χ0v) is 18.1. The molecule has 1 saturated heterocycles. The Morgan fingerprint density at radius 2 is 1.97 bits per heavy atom. The molecule has 1 aromatic heterocycles. The molecule has 172 valence electrons. The molecule has 0 saturated carbocycles. The number of rotatable bonds is 10. The highest BCUT2D eigenvalue weighted by molar-refractivity contribution is 5.94. The number of nitrogens with one attached hydrogen (secondary N) is 3. The SMILES string of the molecule is CC(C)C[C@H](NC(=O)[C@@H]1CCCN1C(=O)[C@H](Cc1cnc[nH]1)NC(=O)[C@H](C)N)C(=O)O. The molecule has 1 fully saturated rings. The van der Waals surface area contributed by atoms with Gasteiger partial charge in [0.15, 0.2) is 0 Å². The van der Waals surface area contributed by atoms with Crippen LogP contribution in [0.4, 0.5) is 0 Å². The van der Waals surface area contributed by atoms with Gasteiger partial charge in [-0.2, -0.15) is 0 Å². The molecule has 4 atom stereocenters. The minimum atomic E-state index is -1.11. The molecule has 0 radical (unpaired) electrons. The first-order chi connectivity index (χ1) is 14.6. The minimum absolute atomic E-state index is 0.0787. The highest BCUT2D eigenvalue weighted by Crippen LogP contribution is 2.20. The predicted octanol–water partition coefficient (Wildman–Crippen LogP) is -0.609. The van der Waals surface area contributed by atoms with E-state index in [4.69, 9.17) is 5.73 Å². The number of H-pyrrole nitrogens is 1. The van der Waals surface area contributed by atoms with Crippen LogP contribution < -0.4 is 16.4 Å². The third-order valence-electron chi connectivity index (χ3n) is 5.17. The number of aromatic amines is 1. The van der Waals surface area contributed by atoms with Gasteiger partial charge < -0.3 is 31.4 Å². The van der Waals surface area contributed by atoms with Crippen molar-refractivity contribution in [1.29, 1.82) is 0 Å². The Morgan fingerprint density at radius 3 is 2.52 bits per heavy atom. The molecule has 6 N–H and O–H groups in total. The molecular formula is C20H32N6O5. The average Bonchev–Trinajstić information content (AvgIpc) is 3.37. The topological polar surface area (TPSA) is 171 Å². The fourth-order valence-corrected chi connectivity index (χ4v) is 3.58. The maximum absolute atomic E-state index is 13.3. The van der Waals surface area contributed by atoms with Crippen LogP contribution in [0.1, 0.15) is 45.7 Å². The second kappa shape index (κ2) is 10.9. The van der Waals surface area contributed by atoms with E-state index in [1.54, 1.807) is 6.20 Å². The molecule has 3 amide bonds. The van der Waals surface area contributed by atoms with Crippen molar-refractivity contribution in [1.82, 2.24) is 25.5 Å². The Kier molecular flexibility index (Phi) is 8.55. The van der Waals surface area contributed by atoms with Gasteiger partial charge in [-0.3, -0.25) is 14.4 Å². The maximum atomic E-state index is 13.3. The van der Waals surface area contributed by atoms with Crippen LogP contribution in [0.5, 0.6) is 0 Å². The number of carboxylic acids is 1. The molecule has 1 aliphatic rings. The van der Waals surface area contributed by atoms with Gasteiger partial charge in [0.05, 0.1) is 12.4 Å². The van der Waals surface area contributed by atoms with E-state index < -0.39 is 47.9 Å². The van der Waals surface area contributed by atoms with Crippen LogP contribution in [-0.2, 0) is 25.6 Å². The number of aliphatic carboxylic acids is 1. The van der Waals surface area contributed by atoms with E-state index in [0.29, 0.717) is 25.1 Å². The molecule has 0 unspecified atom stereocenters. The van der Waals surface area contributed by atoms with E-state index >= 15 is 0 Å².